The van der Waals surface area contributed by atoms with Gasteiger partial charge in [0.1, 0.15) is 0 Å². The fourth-order valence-corrected chi connectivity index (χ4v) is 0. The van der Waals surface area contributed by atoms with E-state index in [-0.39, 0.29) is 16.4 Å². The summed E-state index contributed by atoms with van der Waals surface area (Å²) in [6.07, 6.45) is 0. The number of halogens is 1. The second-order valence-electron chi connectivity index (χ2n) is 0. The second-order valence-corrected chi connectivity index (χ2v) is 0. The van der Waals surface area contributed by atoms with Crippen molar-refractivity contribution in [2.45, 2.75) is 0 Å². The lowest BCUT2D eigenvalue weighted by Crippen LogP contribution is -0.980. The molecule has 0 spiro atoms. The van der Waals surface area contributed by atoms with Gasteiger partial charge in [-0.2, -0.15) is 0 Å². The van der Waals surface area contributed by atoms with E-state index in [1.165, 1.54) is 7.26 Å². The van der Waals surface area contributed by atoms with Crippen LogP contribution in [-0.4, -0.2) is 23.7 Å². The molecule has 0 atom stereocenters. The van der Waals surface area contributed by atoms with E-state index < -0.39 is 0 Å². The molecule has 0 radical (unpaired) electrons. The lowest BCUT2D eigenvalue weighted by atomic mass is 10.8. The van der Waals surface area contributed by atoms with E-state index in [0.29, 0.717) is 0 Å². The van der Waals surface area contributed by atoms with Crippen molar-refractivity contribution in [2.24, 2.45) is 0 Å². The van der Waals surface area contributed by atoms with Crippen LogP contribution in [0, 0.1) is 0 Å². The predicted octanol–water partition coefficient (Wildman–Crippen LogP) is -2.50. The third-order valence-corrected chi connectivity index (χ3v) is 0. The van der Waals surface area contributed by atoms with Crippen LogP contribution in [0.5, 0.6) is 0 Å². The van der Waals surface area contributed by atoms with Gasteiger partial charge in [-0.15, -0.1) is 0 Å². The summed E-state index contributed by atoms with van der Waals surface area (Å²) in [5, 5.41) is 0. The summed E-state index contributed by atoms with van der Waals surface area (Å²) in [6, 6.07) is 0. The molecule has 4 heteroatoms. The topological polar surface area (TPSA) is 31.5 Å². The number of hydrogen-bond acceptors (Lipinski definition) is 0. The minimum atomic E-state index is 0. The summed E-state index contributed by atoms with van der Waals surface area (Å²) in [4.78, 5) is 0. The SMILES string of the molecule is BCl.O.[SiH4]. The smallest absolute Gasteiger partial charge is 0.215 e. The van der Waals surface area contributed by atoms with Crippen LogP contribution in [0.15, 0.2) is 0 Å². The van der Waals surface area contributed by atoms with E-state index in [9.17, 15) is 0 Å². The molecule has 0 amide bonds. The van der Waals surface area contributed by atoms with Crippen molar-refractivity contribution >= 4 is 29.7 Å². The average molecular weight is 98.4 g/mol. The molecule has 4 heavy (non-hydrogen) atoms. The Labute approximate surface area is 36.0 Å². The Kier molecular flexibility index (Phi) is 482. The molecule has 0 fully saturated rings. The molecule has 0 aliphatic carbocycles. The summed E-state index contributed by atoms with van der Waals surface area (Å²) in [5.74, 6) is 0. The van der Waals surface area contributed by atoms with Gasteiger partial charge in [-0.1, -0.05) is 0 Å². The van der Waals surface area contributed by atoms with Crippen LogP contribution < -0.4 is 0 Å². The second kappa shape index (κ2) is 80.0. The lowest BCUT2D eigenvalue weighted by molar-refractivity contribution is 0.824. The maximum Gasteiger partial charge on any atom is 0.215 e. The minimum absolute atomic E-state index is 0. The summed E-state index contributed by atoms with van der Waals surface area (Å²) in [7, 11) is 1.47. The average Bonchev–Trinajstić information content (AvgIpc) is 1.00. The molecule has 0 aliphatic rings. The molecule has 0 bridgehead atoms. The van der Waals surface area contributed by atoms with E-state index >= 15 is 0 Å². The fourth-order valence-electron chi connectivity index (χ4n) is 0. The molecule has 0 unspecified atom stereocenters. The predicted molar refractivity (Wildman–Crippen MR) is 29.3 cm³/mol. The Bertz CT molecular complexity index is 8.00. The van der Waals surface area contributed by atoms with Crippen molar-refractivity contribution in [3.63, 3.8) is 0 Å². The summed E-state index contributed by atoms with van der Waals surface area (Å²) < 4.78 is 0. The van der Waals surface area contributed by atoms with Gasteiger partial charge < -0.3 is 5.48 Å². The van der Waals surface area contributed by atoms with Crippen LogP contribution in [0.3, 0.4) is 0 Å². The Morgan fingerprint density at radius 1 is 1.25 bits per heavy atom. The Morgan fingerprint density at radius 3 is 1.25 bits per heavy atom. The fraction of sp³-hybridized carbons (Fsp3) is 0. The van der Waals surface area contributed by atoms with Gasteiger partial charge in [0.25, 0.3) is 0 Å². The zero-order valence-electron chi connectivity index (χ0n) is 1.88. The van der Waals surface area contributed by atoms with Crippen molar-refractivity contribution in [1.82, 2.24) is 0 Å². The first kappa shape index (κ1) is 24.1. The molecule has 0 rings (SSSR count). The summed E-state index contributed by atoms with van der Waals surface area (Å²) >= 11 is 4.64. The van der Waals surface area contributed by atoms with Gasteiger partial charge in [0, 0.05) is 0 Å². The van der Waals surface area contributed by atoms with Gasteiger partial charge in [0.15, 0.2) is 0 Å². The maximum atomic E-state index is 4.64. The molecule has 0 saturated carbocycles. The zero-order chi connectivity index (χ0) is 2.00. The first-order valence-electron chi connectivity index (χ1n) is 0.378. The Balaban J connectivity index is -0.00000000500. The summed E-state index contributed by atoms with van der Waals surface area (Å²) in [5.41, 5.74) is 0. The van der Waals surface area contributed by atoms with Crippen molar-refractivity contribution in [3.8, 4) is 0 Å². The lowest BCUT2D eigenvalue weighted by Gasteiger charge is -1.02. The minimum Gasteiger partial charge on any atom is -0.412 e. The van der Waals surface area contributed by atoms with Crippen molar-refractivity contribution in [2.75, 3.05) is 0 Å². The van der Waals surface area contributed by atoms with Crippen molar-refractivity contribution < 1.29 is 5.48 Å². The highest BCUT2D eigenvalue weighted by Gasteiger charge is 1.03. The summed E-state index contributed by atoms with van der Waals surface area (Å²) in [6.45, 7) is 0. The Morgan fingerprint density at radius 2 is 1.25 bits per heavy atom. The van der Waals surface area contributed by atoms with Gasteiger partial charge in [-0.25, -0.2) is 11.5 Å². The monoisotopic (exact) mass is 98.0 g/mol. The number of hydrogen-bond donors (Lipinski definition) is 0. The van der Waals surface area contributed by atoms with Crippen LogP contribution in [0.25, 0.3) is 0 Å². The molecule has 0 heterocycles. The first-order valence-corrected chi connectivity index (χ1v) is 1.13. The highest BCUT2D eigenvalue weighted by Crippen LogP contribution is 1.29. The largest absolute Gasteiger partial charge is 0.412 e. The van der Waals surface area contributed by atoms with E-state index in [2.05, 4.69) is 11.5 Å². The molecule has 0 aromatic carbocycles. The van der Waals surface area contributed by atoms with Gasteiger partial charge in [0.2, 0.25) is 7.26 Å². The molecule has 28 valence electrons. The van der Waals surface area contributed by atoms with Crippen LogP contribution >= 0.6 is 11.5 Å². The quantitative estimate of drug-likeness (QED) is 0.300. The van der Waals surface area contributed by atoms with Crippen LogP contribution in [0.2, 0.25) is 0 Å². The van der Waals surface area contributed by atoms with Gasteiger partial charge in [0.05, 0.1) is 0 Å². The Hall–Kier alpha value is 0.532. The maximum absolute atomic E-state index is 4.64. The van der Waals surface area contributed by atoms with Crippen LogP contribution in [0.1, 0.15) is 0 Å². The zero-order valence-corrected chi connectivity index (χ0v) is 2.63. The molecule has 0 saturated heterocycles. The van der Waals surface area contributed by atoms with Gasteiger partial charge in [-0.05, 0) is 11.0 Å². The third-order valence-electron chi connectivity index (χ3n) is 0. The molecular formula is H8BClOSi. The molecule has 1 nitrogen and oxygen atoms in total. The molecule has 0 aliphatic heterocycles. The standard InChI is InChI=1S/BClH2.H2O.H4Si/c1-2;;/h1H2;1H2;1H4. The normalized spacial score (nSPS) is 1.25. The van der Waals surface area contributed by atoms with E-state index in [0.717, 1.165) is 0 Å². The van der Waals surface area contributed by atoms with E-state index in [1.54, 1.807) is 0 Å². The first-order chi connectivity index (χ1) is 1.00. The molecule has 2 N–H and O–H groups in total. The van der Waals surface area contributed by atoms with Crippen LogP contribution in [-0.2, 0) is 0 Å². The molecule has 0 aromatic rings. The van der Waals surface area contributed by atoms with Crippen molar-refractivity contribution in [3.05, 3.63) is 0 Å². The third kappa shape index (κ3) is 21.0. The molecular weight excluding hydrogens is 90.3 g/mol. The van der Waals surface area contributed by atoms with Crippen molar-refractivity contribution in [1.29, 1.82) is 0 Å². The highest BCUT2D eigenvalue weighted by atomic mass is 35.5. The van der Waals surface area contributed by atoms with Crippen LogP contribution in [0.4, 0.5) is 0 Å². The van der Waals surface area contributed by atoms with E-state index in [1.807, 2.05) is 0 Å². The van der Waals surface area contributed by atoms with Gasteiger partial charge in [-0.3, -0.25) is 0 Å². The molecule has 0 aromatic heterocycles. The van der Waals surface area contributed by atoms with Gasteiger partial charge >= 0.3 is 0 Å². The van der Waals surface area contributed by atoms with E-state index in [4.69, 9.17) is 0 Å². The highest BCUT2D eigenvalue weighted by molar-refractivity contribution is 6.80. The number of rotatable bonds is 0.